The van der Waals surface area contributed by atoms with Gasteiger partial charge < -0.3 is 19.7 Å². The van der Waals surface area contributed by atoms with Crippen LogP contribution in [0.4, 0.5) is 11.4 Å². The van der Waals surface area contributed by atoms with E-state index in [1.54, 1.807) is 48.5 Å². The summed E-state index contributed by atoms with van der Waals surface area (Å²) in [6, 6.07) is 23.3. The van der Waals surface area contributed by atoms with Crippen LogP contribution in [-0.4, -0.2) is 36.4 Å². The number of hydrogen-bond donors (Lipinski definition) is 1. The standard InChI is InChI=1S/C34H22BrClN2O5/c35-21-9-5-18(6-10-21)32(40)30-29(31(39)20-7-13-26-27(16-20)43-17-42-26)34(23-3-1-2-4-24(23)37-33(34)41)28-14-8-19-15-22(36)11-12-25(19)38(28)30/h1-16,28-30H,17H2,(H,37,41)/t28-,29+,30-,34+/m0/s1. The van der Waals surface area contributed by atoms with Crippen molar-refractivity contribution in [3.05, 3.63) is 123 Å². The van der Waals surface area contributed by atoms with Crippen molar-refractivity contribution in [3.63, 3.8) is 0 Å². The summed E-state index contributed by atoms with van der Waals surface area (Å²) in [5.41, 5.74) is 2.20. The van der Waals surface area contributed by atoms with Gasteiger partial charge in [-0.3, -0.25) is 14.4 Å². The summed E-state index contributed by atoms with van der Waals surface area (Å²) in [5, 5.41) is 3.59. The highest BCUT2D eigenvalue weighted by atomic mass is 79.9. The molecule has 9 heteroatoms. The van der Waals surface area contributed by atoms with Crippen molar-refractivity contribution in [2.45, 2.75) is 17.5 Å². The van der Waals surface area contributed by atoms with E-state index in [-0.39, 0.29) is 24.3 Å². The molecule has 4 aromatic carbocycles. The van der Waals surface area contributed by atoms with Crippen LogP contribution in [0.3, 0.4) is 0 Å². The summed E-state index contributed by atoms with van der Waals surface area (Å²) in [6.45, 7) is 0.0563. The minimum Gasteiger partial charge on any atom is -0.454 e. The van der Waals surface area contributed by atoms with Gasteiger partial charge >= 0.3 is 0 Å². The maximum atomic E-state index is 15.0. The van der Waals surface area contributed by atoms with Crippen molar-refractivity contribution < 1.29 is 23.9 Å². The van der Waals surface area contributed by atoms with E-state index in [0.29, 0.717) is 38.9 Å². The average Bonchev–Trinajstić information content (AvgIpc) is 3.69. The highest BCUT2D eigenvalue weighted by molar-refractivity contribution is 9.10. The highest BCUT2D eigenvalue weighted by Crippen LogP contribution is 2.58. The van der Waals surface area contributed by atoms with Crippen LogP contribution in [0.2, 0.25) is 5.02 Å². The molecule has 8 rings (SSSR count). The summed E-state index contributed by atoms with van der Waals surface area (Å²) in [7, 11) is 0. The van der Waals surface area contributed by atoms with E-state index >= 15 is 0 Å². The number of halogens is 2. The lowest BCUT2D eigenvalue weighted by Gasteiger charge is -2.37. The molecule has 0 saturated carbocycles. The second kappa shape index (κ2) is 9.56. The largest absolute Gasteiger partial charge is 0.454 e. The van der Waals surface area contributed by atoms with Crippen molar-refractivity contribution >= 4 is 62.5 Å². The minimum absolute atomic E-state index is 0.0563. The zero-order chi connectivity index (χ0) is 29.5. The molecule has 4 atom stereocenters. The fourth-order valence-electron chi connectivity index (χ4n) is 7.16. The van der Waals surface area contributed by atoms with Gasteiger partial charge in [0.2, 0.25) is 12.7 Å². The van der Waals surface area contributed by atoms with Gasteiger partial charge in [0.05, 0.1) is 12.0 Å². The van der Waals surface area contributed by atoms with E-state index in [4.69, 9.17) is 21.1 Å². The second-order valence-electron chi connectivity index (χ2n) is 11.0. The molecule has 4 heterocycles. The molecule has 0 bridgehead atoms. The Labute approximate surface area is 260 Å². The molecule has 1 N–H and O–H groups in total. The molecular weight excluding hydrogens is 632 g/mol. The molecule has 4 aliphatic heterocycles. The average molecular weight is 654 g/mol. The number of nitrogens with zero attached hydrogens (tertiary/aromatic N) is 1. The molecule has 0 unspecified atom stereocenters. The Morgan fingerprint density at radius 3 is 2.51 bits per heavy atom. The first kappa shape index (κ1) is 26.2. The predicted molar refractivity (Wildman–Crippen MR) is 166 cm³/mol. The predicted octanol–water partition coefficient (Wildman–Crippen LogP) is 6.69. The number of fused-ring (bicyclic) bond motifs is 7. The lowest BCUT2D eigenvalue weighted by molar-refractivity contribution is -0.121. The summed E-state index contributed by atoms with van der Waals surface area (Å²) in [4.78, 5) is 46.1. The number of carbonyl (C=O) groups is 3. The van der Waals surface area contributed by atoms with Gasteiger partial charge in [-0.2, -0.15) is 0 Å². The Morgan fingerprint density at radius 1 is 0.907 bits per heavy atom. The number of Topliss-reactive ketones (excluding diaryl/α,β-unsaturated/α-hetero) is 2. The normalized spacial score (nSPS) is 24.0. The van der Waals surface area contributed by atoms with Crippen molar-refractivity contribution in [1.82, 2.24) is 0 Å². The lowest BCUT2D eigenvalue weighted by atomic mass is 9.64. The topological polar surface area (TPSA) is 84.9 Å². The Morgan fingerprint density at radius 2 is 1.67 bits per heavy atom. The van der Waals surface area contributed by atoms with Gasteiger partial charge in [0.25, 0.3) is 0 Å². The Bertz CT molecular complexity index is 1910. The third-order valence-corrected chi connectivity index (χ3v) is 9.70. The van der Waals surface area contributed by atoms with E-state index in [1.807, 2.05) is 53.5 Å². The van der Waals surface area contributed by atoms with Crippen LogP contribution >= 0.6 is 27.5 Å². The van der Waals surface area contributed by atoms with Gasteiger partial charge in [-0.1, -0.05) is 70.0 Å². The summed E-state index contributed by atoms with van der Waals surface area (Å²) >= 11 is 9.84. The number of nitrogens with one attached hydrogen (secondary N) is 1. The number of carbonyl (C=O) groups excluding carboxylic acids is 3. The molecular formula is C34H22BrClN2O5. The molecule has 4 aliphatic rings. The van der Waals surface area contributed by atoms with Crippen LogP contribution in [0.15, 0.2) is 95.5 Å². The van der Waals surface area contributed by atoms with Gasteiger partial charge in [-0.15, -0.1) is 0 Å². The zero-order valence-corrected chi connectivity index (χ0v) is 24.8. The molecule has 4 aromatic rings. The van der Waals surface area contributed by atoms with Crippen LogP contribution in [0, 0.1) is 5.92 Å². The Balaban J connectivity index is 1.41. The van der Waals surface area contributed by atoms with Crippen LogP contribution in [0.25, 0.3) is 6.08 Å². The molecule has 212 valence electrons. The first-order chi connectivity index (χ1) is 20.9. The van der Waals surface area contributed by atoms with Crippen molar-refractivity contribution in [2.24, 2.45) is 5.92 Å². The number of rotatable bonds is 4. The highest BCUT2D eigenvalue weighted by Gasteiger charge is 2.70. The van der Waals surface area contributed by atoms with Gasteiger partial charge in [0.15, 0.2) is 23.1 Å². The number of ketones is 2. The summed E-state index contributed by atoms with van der Waals surface area (Å²) in [6.07, 6.45) is 3.85. The first-order valence-electron chi connectivity index (χ1n) is 13.8. The number of para-hydroxylation sites is 1. The second-order valence-corrected chi connectivity index (χ2v) is 12.4. The smallest absolute Gasteiger partial charge is 0.238 e. The van der Waals surface area contributed by atoms with Crippen LogP contribution in [0.1, 0.15) is 31.8 Å². The van der Waals surface area contributed by atoms with Crippen LogP contribution < -0.4 is 19.7 Å². The SMILES string of the molecule is O=C(c1ccc(Br)cc1)[C@@H]1[C@H](C(=O)c2ccc3c(c2)OCO3)[C@]2(C(=O)Nc3ccccc32)[C@@H]2C=Cc3cc(Cl)ccc3N12. The molecule has 1 saturated heterocycles. The molecule has 0 aromatic heterocycles. The van der Waals surface area contributed by atoms with Crippen molar-refractivity contribution in [1.29, 1.82) is 0 Å². The van der Waals surface area contributed by atoms with Gasteiger partial charge in [-0.25, -0.2) is 0 Å². The first-order valence-corrected chi connectivity index (χ1v) is 15.0. The van der Waals surface area contributed by atoms with E-state index < -0.39 is 23.4 Å². The van der Waals surface area contributed by atoms with Crippen LogP contribution in [0.5, 0.6) is 11.5 Å². The maximum absolute atomic E-state index is 15.0. The monoisotopic (exact) mass is 652 g/mol. The van der Waals surface area contributed by atoms with E-state index in [1.165, 1.54) is 0 Å². The molecule has 1 spiro atoms. The maximum Gasteiger partial charge on any atom is 0.238 e. The molecule has 43 heavy (non-hydrogen) atoms. The molecule has 1 fully saturated rings. The quantitative estimate of drug-likeness (QED) is 0.247. The van der Waals surface area contributed by atoms with Crippen molar-refractivity contribution in [2.75, 3.05) is 17.0 Å². The van der Waals surface area contributed by atoms with E-state index in [2.05, 4.69) is 21.2 Å². The third kappa shape index (κ3) is 3.69. The number of amides is 1. The molecule has 0 aliphatic carbocycles. The lowest BCUT2D eigenvalue weighted by Crippen LogP contribution is -2.51. The zero-order valence-electron chi connectivity index (χ0n) is 22.4. The molecule has 7 nitrogen and oxygen atoms in total. The number of hydrogen-bond acceptors (Lipinski definition) is 6. The fourth-order valence-corrected chi connectivity index (χ4v) is 7.61. The summed E-state index contributed by atoms with van der Waals surface area (Å²) in [5.74, 6) is -1.03. The van der Waals surface area contributed by atoms with Gasteiger partial charge in [0.1, 0.15) is 11.5 Å². The summed E-state index contributed by atoms with van der Waals surface area (Å²) < 4.78 is 11.9. The minimum atomic E-state index is -1.41. The van der Waals surface area contributed by atoms with Crippen molar-refractivity contribution in [3.8, 4) is 11.5 Å². The van der Waals surface area contributed by atoms with Gasteiger partial charge in [0, 0.05) is 32.0 Å². The number of anilines is 2. The van der Waals surface area contributed by atoms with Gasteiger partial charge in [-0.05, 0) is 65.7 Å². The fraction of sp³-hybridized carbons (Fsp3) is 0.147. The molecule has 0 radical (unpaired) electrons. The number of ether oxygens (including phenoxy) is 2. The number of benzene rings is 4. The van der Waals surface area contributed by atoms with Crippen LogP contribution in [-0.2, 0) is 10.2 Å². The van der Waals surface area contributed by atoms with E-state index in [0.717, 1.165) is 15.7 Å². The molecule has 1 amide bonds. The van der Waals surface area contributed by atoms with E-state index in [9.17, 15) is 14.4 Å². The third-order valence-electron chi connectivity index (χ3n) is 8.93. The Kier molecular flexibility index (Phi) is 5.83. The Hall–Kier alpha value is -4.40.